The summed E-state index contributed by atoms with van der Waals surface area (Å²) in [5.41, 5.74) is 3.40. The van der Waals surface area contributed by atoms with Crippen molar-refractivity contribution in [2.45, 2.75) is 0 Å². The lowest BCUT2D eigenvalue weighted by Crippen LogP contribution is -2.25. The van der Waals surface area contributed by atoms with Gasteiger partial charge in [0.05, 0.1) is 6.67 Å². The van der Waals surface area contributed by atoms with E-state index >= 15 is 0 Å². The number of hydrogen-bond acceptors (Lipinski definition) is 5. The zero-order valence-corrected chi connectivity index (χ0v) is 12.1. The molecule has 22 heavy (non-hydrogen) atoms. The first-order chi connectivity index (χ1) is 10.9. The number of aromatic nitrogens is 4. The average Bonchev–Trinajstić information content (AvgIpc) is 3.28. The maximum absolute atomic E-state index is 4.11. The predicted octanol–water partition coefficient (Wildman–Crippen LogP) is 2.15. The molecule has 0 radical (unpaired) electrons. The Kier molecular flexibility index (Phi) is 3.19. The number of hydrogen-bond donors (Lipinski definition) is 1. The maximum atomic E-state index is 4.11. The van der Waals surface area contributed by atoms with Gasteiger partial charge in [0.25, 0.3) is 0 Å². The van der Waals surface area contributed by atoms with E-state index in [4.69, 9.17) is 0 Å². The number of nitrogens with zero attached hydrogens (tertiary/aromatic N) is 5. The molecular formula is C16H16N6. The van der Waals surface area contributed by atoms with E-state index < -0.39 is 0 Å². The van der Waals surface area contributed by atoms with Gasteiger partial charge in [-0.25, -0.2) is 0 Å². The molecule has 6 nitrogen and oxygen atoms in total. The largest absolute Gasteiger partial charge is 0.352 e. The van der Waals surface area contributed by atoms with Gasteiger partial charge in [0.2, 0.25) is 5.82 Å². The van der Waals surface area contributed by atoms with Crippen molar-refractivity contribution < 1.29 is 0 Å². The zero-order chi connectivity index (χ0) is 14.8. The Labute approximate surface area is 128 Å². The van der Waals surface area contributed by atoms with Crippen molar-refractivity contribution in [1.29, 1.82) is 0 Å². The minimum atomic E-state index is 0.633. The summed E-state index contributed by atoms with van der Waals surface area (Å²) in [5, 5.41) is 14.4. The van der Waals surface area contributed by atoms with E-state index in [9.17, 15) is 0 Å². The van der Waals surface area contributed by atoms with Crippen molar-refractivity contribution in [3.05, 3.63) is 54.6 Å². The third-order valence-electron chi connectivity index (χ3n) is 3.93. The lowest BCUT2D eigenvalue weighted by molar-refractivity contribution is 0.881. The van der Waals surface area contributed by atoms with E-state index in [1.54, 1.807) is 0 Å². The fourth-order valence-corrected chi connectivity index (χ4v) is 2.85. The van der Waals surface area contributed by atoms with Gasteiger partial charge in [-0.2, -0.15) is 5.21 Å². The smallest absolute Gasteiger partial charge is 0.206 e. The fourth-order valence-electron chi connectivity index (χ4n) is 2.85. The normalized spacial score (nSPS) is 14.5. The van der Waals surface area contributed by atoms with Crippen LogP contribution in [0.3, 0.4) is 0 Å². The van der Waals surface area contributed by atoms with Crippen molar-refractivity contribution in [2.75, 3.05) is 29.6 Å². The number of aromatic amines is 1. The molecule has 2 aromatic carbocycles. The highest BCUT2D eigenvalue weighted by Crippen LogP contribution is 2.30. The molecule has 1 aliphatic heterocycles. The highest BCUT2D eigenvalue weighted by Gasteiger charge is 2.23. The number of anilines is 2. The SMILES string of the molecule is c1ccc(N2CCN(c3ccccc3-c3nn[nH]n3)C2)cc1. The second-order valence-corrected chi connectivity index (χ2v) is 5.26. The van der Waals surface area contributed by atoms with Crippen LogP contribution in [-0.2, 0) is 0 Å². The molecule has 0 unspecified atom stereocenters. The van der Waals surface area contributed by atoms with Crippen LogP contribution < -0.4 is 9.80 Å². The van der Waals surface area contributed by atoms with Gasteiger partial charge < -0.3 is 9.80 Å². The van der Waals surface area contributed by atoms with Crippen LogP contribution in [0.15, 0.2) is 54.6 Å². The van der Waals surface area contributed by atoms with Crippen LogP contribution in [0, 0.1) is 0 Å². The van der Waals surface area contributed by atoms with Gasteiger partial charge in [0, 0.05) is 30.0 Å². The molecule has 0 aliphatic carbocycles. The van der Waals surface area contributed by atoms with Crippen molar-refractivity contribution >= 4 is 11.4 Å². The quantitative estimate of drug-likeness (QED) is 0.801. The number of para-hydroxylation sites is 2. The number of nitrogens with one attached hydrogen (secondary N) is 1. The Balaban J connectivity index is 1.62. The highest BCUT2D eigenvalue weighted by molar-refractivity contribution is 5.75. The molecule has 6 heteroatoms. The molecule has 0 bridgehead atoms. The van der Waals surface area contributed by atoms with Gasteiger partial charge in [0.1, 0.15) is 0 Å². The Hall–Kier alpha value is -2.89. The summed E-state index contributed by atoms with van der Waals surface area (Å²) in [6.45, 7) is 2.84. The molecule has 1 N–H and O–H groups in total. The van der Waals surface area contributed by atoms with E-state index in [0.29, 0.717) is 5.82 Å². The molecule has 2 heterocycles. The van der Waals surface area contributed by atoms with Crippen LogP contribution in [0.1, 0.15) is 0 Å². The molecular weight excluding hydrogens is 276 g/mol. The molecule has 1 aliphatic rings. The van der Waals surface area contributed by atoms with E-state index in [0.717, 1.165) is 31.0 Å². The van der Waals surface area contributed by atoms with E-state index in [-0.39, 0.29) is 0 Å². The van der Waals surface area contributed by atoms with Gasteiger partial charge in [-0.05, 0) is 29.5 Å². The molecule has 0 atom stereocenters. The van der Waals surface area contributed by atoms with Crippen LogP contribution in [0.5, 0.6) is 0 Å². The molecule has 0 spiro atoms. The van der Waals surface area contributed by atoms with Crippen molar-refractivity contribution in [3.63, 3.8) is 0 Å². The first-order valence-corrected chi connectivity index (χ1v) is 7.29. The summed E-state index contributed by atoms with van der Waals surface area (Å²) in [7, 11) is 0. The summed E-state index contributed by atoms with van der Waals surface area (Å²) in [5.74, 6) is 0.633. The Morgan fingerprint density at radius 1 is 0.864 bits per heavy atom. The molecule has 4 rings (SSSR count). The lowest BCUT2D eigenvalue weighted by Gasteiger charge is -2.22. The molecule has 1 fully saturated rings. The first kappa shape index (κ1) is 12.8. The topological polar surface area (TPSA) is 60.9 Å². The van der Waals surface area contributed by atoms with Crippen molar-refractivity contribution in [2.24, 2.45) is 0 Å². The third-order valence-corrected chi connectivity index (χ3v) is 3.93. The monoisotopic (exact) mass is 292 g/mol. The minimum Gasteiger partial charge on any atom is -0.352 e. The van der Waals surface area contributed by atoms with Gasteiger partial charge >= 0.3 is 0 Å². The number of benzene rings is 2. The van der Waals surface area contributed by atoms with Gasteiger partial charge in [-0.3, -0.25) is 0 Å². The van der Waals surface area contributed by atoms with Crippen LogP contribution in [-0.4, -0.2) is 40.4 Å². The summed E-state index contributed by atoms with van der Waals surface area (Å²) >= 11 is 0. The predicted molar refractivity (Wildman–Crippen MR) is 85.6 cm³/mol. The molecule has 0 amide bonds. The molecule has 0 saturated carbocycles. The van der Waals surface area contributed by atoms with Gasteiger partial charge in [0.15, 0.2) is 0 Å². The standard InChI is InChI=1S/C16H16N6/c1-2-6-13(7-3-1)21-10-11-22(12-21)15-9-5-4-8-14(15)16-17-19-20-18-16/h1-9H,10-12H2,(H,17,18,19,20). The average molecular weight is 292 g/mol. The Bertz CT molecular complexity index is 740. The maximum Gasteiger partial charge on any atom is 0.206 e. The van der Waals surface area contributed by atoms with Crippen LogP contribution >= 0.6 is 0 Å². The minimum absolute atomic E-state index is 0.633. The molecule has 110 valence electrons. The van der Waals surface area contributed by atoms with Crippen LogP contribution in [0.4, 0.5) is 11.4 Å². The lowest BCUT2D eigenvalue weighted by atomic mass is 10.1. The van der Waals surface area contributed by atoms with Crippen LogP contribution in [0.2, 0.25) is 0 Å². The second kappa shape index (κ2) is 5.48. The van der Waals surface area contributed by atoms with E-state index in [1.165, 1.54) is 5.69 Å². The summed E-state index contributed by atoms with van der Waals surface area (Å²) in [6, 6.07) is 18.7. The number of H-pyrrole nitrogens is 1. The first-order valence-electron chi connectivity index (χ1n) is 7.29. The van der Waals surface area contributed by atoms with Crippen molar-refractivity contribution in [3.8, 4) is 11.4 Å². The molecule has 1 aromatic heterocycles. The summed E-state index contributed by atoms with van der Waals surface area (Å²) < 4.78 is 0. The van der Waals surface area contributed by atoms with E-state index in [1.807, 2.05) is 24.3 Å². The van der Waals surface area contributed by atoms with Crippen LogP contribution in [0.25, 0.3) is 11.4 Å². The Morgan fingerprint density at radius 3 is 2.45 bits per heavy atom. The van der Waals surface area contributed by atoms with E-state index in [2.05, 4.69) is 60.8 Å². The Morgan fingerprint density at radius 2 is 1.64 bits per heavy atom. The van der Waals surface area contributed by atoms with Gasteiger partial charge in [-0.15, -0.1) is 10.2 Å². The second-order valence-electron chi connectivity index (χ2n) is 5.26. The van der Waals surface area contributed by atoms with Crippen molar-refractivity contribution in [1.82, 2.24) is 20.6 Å². The molecule has 1 saturated heterocycles. The fraction of sp³-hybridized carbons (Fsp3) is 0.188. The van der Waals surface area contributed by atoms with Gasteiger partial charge in [-0.1, -0.05) is 30.3 Å². The third kappa shape index (κ3) is 2.28. The summed E-state index contributed by atoms with van der Waals surface area (Å²) in [6.07, 6.45) is 0. The number of rotatable bonds is 3. The molecule has 3 aromatic rings. The summed E-state index contributed by atoms with van der Waals surface area (Å²) in [4.78, 5) is 4.71. The zero-order valence-electron chi connectivity index (χ0n) is 12.1. The number of tetrazole rings is 1. The highest BCUT2D eigenvalue weighted by atomic mass is 15.5.